The molecule has 0 saturated carbocycles. The molecule has 0 aliphatic carbocycles. The van der Waals surface area contributed by atoms with E-state index in [1.54, 1.807) is 7.11 Å². The van der Waals surface area contributed by atoms with Gasteiger partial charge in [-0.3, -0.25) is 0 Å². The summed E-state index contributed by atoms with van der Waals surface area (Å²) in [5.74, 6) is 1.49. The Morgan fingerprint density at radius 3 is 2.69 bits per heavy atom. The predicted molar refractivity (Wildman–Crippen MR) is 123 cm³/mol. The van der Waals surface area contributed by atoms with Gasteiger partial charge in [-0.05, 0) is 48.3 Å². The van der Waals surface area contributed by atoms with Crippen LogP contribution in [0.2, 0.25) is 0 Å². The zero-order valence-electron chi connectivity index (χ0n) is 16.8. The lowest BCUT2D eigenvalue weighted by molar-refractivity contribution is 0.242. The van der Waals surface area contributed by atoms with E-state index in [1.807, 2.05) is 42.8 Å². The molecule has 1 aliphatic heterocycles. The van der Waals surface area contributed by atoms with Crippen molar-refractivity contribution >= 4 is 39.7 Å². The van der Waals surface area contributed by atoms with Crippen LogP contribution >= 0.6 is 28.3 Å². The molecule has 0 amide bonds. The first kappa shape index (κ1) is 21.7. The molecule has 29 heavy (non-hydrogen) atoms. The summed E-state index contributed by atoms with van der Waals surface area (Å²) in [7, 11) is 1.65. The van der Waals surface area contributed by atoms with E-state index in [2.05, 4.69) is 33.0 Å². The second kappa shape index (κ2) is 8.81. The molecule has 0 unspecified atom stereocenters. The molecule has 0 bridgehead atoms. The van der Waals surface area contributed by atoms with Crippen molar-refractivity contribution in [2.24, 2.45) is 5.73 Å². The van der Waals surface area contributed by atoms with E-state index in [4.69, 9.17) is 20.2 Å². The van der Waals surface area contributed by atoms with E-state index in [-0.39, 0.29) is 24.6 Å². The van der Waals surface area contributed by atoms with Crippen molar-refractivity contribution in [3.05, 3.63) is 41.1 Å². The molecule has 1 aliphatic rings. The Hall–Kier alpha value is -1.96. The van der Waals surface area contributed by atoms with Crippen molar-refractivity contribution in [3.63, 3.8) is 0 Å². The van der Waals surface area contributed by atoms with E-state index >= 15 is 0 Å². The Morgan fingerprint density at radius 1 is 1.24 bits per heavy atom. The number of nitrogens with two attached hydrogens (primary N) is 1. The number of hydrogen-bond acceptors (Lipinski definition) is 5. The fourth-order valence-corrected chi connectivity index (χ4v) is 4.07. The number of hydrogen-bond donors (Lipinski definition) is 1. The third kappa shape index (κ3) is 4.47. The fraction of sp³-hybridized carbons (Fsp3) is 0.381. The molecule has 2 aromatic heterocycles. The lowest BCUT2D eigenvalue weighted by Gasteiger charge is -2.17. The highest BCUT2D eigenvalue weighted by molar-refractivity contribution is 9.10. The summed E-state index contributed by atoms with van der Waals surface area (Å²) in [6.07, 6.45) is 5.15. The molecule has 1 saturated heterocycles. The second-order valence-electron chi connectivity index (χ2n) is 7.42. The molecule has 1 aromatic carbocycles. The van der Waals surface area contributed by atoms with Gasteiger partial charge in [-0.15, -0.1) is 12.4 Å². The van der Waals surface area contributed by atoms with E-state index < -0.39 is 0 Å². The van der Waals surface area contributed by atoms with Gasteiger partial charge in [0.25, 0.3) is 0 Å². The lowest BCUT2D eigenvalue weighted by Crippen LogP contribution is -2.26. The number of nitrogens with zero attached hydrogens (tertiary/aromatic N) is 3. The Bertz CT molecular complexity index is 1010. The first-order chi connectivity index (χ1) is 13.4. The molecule has 3 aromatic rings. The monoisotopic (exact) mass is 480 g/mol. The summed E-state index contributed by atoms with van der Waals surface area (Å²) in [5.41, 5.74) is 9.90. The van der Waals surface area contributed by atoms with E-state index in [0.717, 1.165) is 58.1 Å². The lowest BCUT2D eigenvalue weighted by atomic mass is 10.1. The molecule has 6 nitrogen and oxygen atoms in total. The molecular formula is C21H26BrClN4O2. The number of imidazole rings is 1. The number of ether oxygens (including phenoxy) is 2. The summed E-state index contributed by atoms with van der Waals surface area (Å²) in [6, 6.07) is 8.38. The molecule has 0 spiro atoms. The van der Waals surface area contributed by atoms with Crippen LogP contribution in [0.3, 0.4) is 0 Å². The van der Waals surface area contributed by atoms with Crippen LogP contribution in [-0.4, -0.2) is 41.7 Å². The minimum absolute atomic E-state index is 0. The number of methoxy groups -OCH3 is 1. The fourth-order valence-electron chi connectivity index (χ4n) is 3.56. The molecule has 1 atom stereocenters. The summed E-state index contributed by atoms with van der Waals surface area (Å²) in [6.45, 7) is 5.90. The van der Waals surface area contributed by atoms with Gasteiger partial charge in [0.05, 0.1) is 23.4 Å². The third-order valence-electron chi connectivity index (χ3n) is 4.93. The van der Waals surface area contributed by atoms with E-state index in [1.165, 1.54) is 0 Å². The first-order valence-electron chi connectivity index (χ1n) is 9.48. The molecule has 2 N–H and O–H groups in total. The maximum absolute atomic E-state index is 6.06. The standard InChI is InChI=1S/C21H25BrN4O2.ClH/c1-13(2)28-19-10-20(27-3)17(22)9-16(19)18-12-26-7-5-15(8-21(26)24-18)25-6-4-14(23)11-25;/h5,7-10,12-14H,4,6,11,23H2,1-3H3;1H/t14-;/m0./s1. The summed E-state index contributed by atoms with van der Waals surface area (Å²) in [4.78, 5) is 7.18. The van der Waals surface area contributed by atoms with Gasteiger partial charge in [-0.1, -0.05) is 0 Å². The van der Waals surface area contributed by atoms with Crippen LogP contribution in [0.4, 0.5) is 5.69 Å². The van der Waals surface area contributed by atoms with Crippen molar-refractivity contribution in [3.8, 4) is 22.8 Å². The van der Waals surface area contributed by atoms with Crippen molar-refractivity contribution in [2.45, 2.75) is 32.4 Å². The summed E-state index contributed by atoms with van der Waals surface area (Å²) >= 11 is 3.58. The minimum atomic E-state index is 0. The highest BCUT2D eigenvalue weighted by Crippen LogP contribution is 2.39. The number of fused-ring (bicyclic) bond motifs is 1. The Balaban J connectivity index is 0.00000240. The van der Waals surface area contributed by atoms with Gasteiger partial charge in [0.15, 0.2) is 0 Å². The van der Waals surface area contributed by atoms with Crippen LogP contribution in [0, 0.1) is 0 Å². The Labute approximate surface area is 185 Å². The second-order valence-corrected chi connectivity index (χ2v) is 8.28. The number of aromatic nitrogens is 2. The highest BCUT2D eigenvalue weighted by Gasteiger charge is 2.20. The first-order valence-corrected chi connectivity index (χ1v) is 10.3. The third-order valence-corrected chi connectivity index (χ3v) is 5.55. The number of pyridine rings is 1. The molecule has 1 fully saturated rings. The van der Waals surface area contributed by atoms with Crippen molar-refractivity contribution in [1.29, 1.82) is 0 Å². The zero-order valence-corrected chi connectivity index (χ0v) is 19.2. The van der Waals surface area contributed by atoms with Crippen LogP contribution in [0.25, 0.3) is 16.9 Å². The molecule has 3 heterocycles. The van der Waals surface area contributed by atoms with Gasteiger partial charge in [-0.25, -0.2) is 4.98 Å². The highest BCUT2D eigenvalue weighted by atomic mass is 79.9. The van der Waals surface area contributed by atoms with Crippen LogP contribution in [0.5, 0.6) is 11.5 Å². The van der Waals surface area contributed by atoms with Gasteiger partial charge in [0.2, 0.25) is 0 Å². The Kier molecular flexibility index (Phi) is 6.61. The maximum Gasteiger partial charge on any atom is 0.139 e. The van der Waals surface area contributed by atoms with E-state index in [0.29, 0.717) is 0 Å². The Morgan fingerprint density at radius 2 is 2.03 bits per heavy atom. The van der Waals surface area contributed by atoms with Crippen LogP contribution in [-0.2, 0) is 0 Å². The normalized spacial score (nSPS) is 16.3. The number of anilines is 1. The largest absolute Gasteiger partial charge is 0.495 e. The number of halogens is 2. The topological polar surface area (TPSA) is 65.0 Å². The average molecular weight is 482 g/mol. The van der Waals surface area contributed by atoms with Gasteiger partial charge in [-0.2, -0.15) is 0 Å². The number of rotatable bonds is 5. The predicted octanol–water partition coefficient (Wildman–Crippen LogP) is 4.52. The van der Waals surface area contributed by atoms with Gasteiger partial charge in [0, 0.05) is 54.9 Å². The quantitative estimate of drug-likeness (QED) is 0.580. The van der Waals surface area contributed by atoms with Crippen LogP contribution in [0.1, 0.15) is 20.3 Å². The SMILES string of the molecule is COc1cc(OC(C)C)c(-c2cn3ccc(N4CC[C@H](N)C4)cc3n2)cc1Br.Cl. The average Bonchev–Trinajstić information content (AvgIpc) is 3.27. The van der Waals surface area contributed by atoms with Crippen LogP contribution in [0.15, 0.2) is 41.1 Å². The summed E-state index contributed by atoms with van der Waals surface area (Å²) < 4.78 is 14.4. The van der Waals surface area contributed by atoms with Crippen molar-refractivity contribution in [2.75, 3.05) is 25.1 Å². The van der Waals surface area contributed by atoms with Gasteiger partial charge < -0.3 is 24.5 Å². The van der Waals surface area contributed by atoms with Crippen molar-refractivity contribution in [1.82, 2.24) is 9.38 Å². The summed E-state index contributed by atoms with van der Waals surface area (Å²) in [5, 5.41) is 0. The molecule has 156 valence electrons. The smallest absolute Gasteiger partial charge is 0.139 e. The van der Waals surface area contributed by atoms with Gasteiger partial charge in [0.1, 0.15) is 17.1 Å². The van der Waals surface area contributed by atoms with Crippen LogP contribution < -0.4 is 20.1 Å². The molecule has 0 radical (unpaired) electrons. The van der Waals surface area contributed by atoms with Crippen molar-refractivity contribution < 1.29 is 9.47 Å². The van der Waals surface area contributed by atoms with Gasteiger partial charge >= 0.3 is 0 Å². The number of benzene rings is 1. The zero-order chi connectivity index (χ0) is 19.8. The maximum atomic E-state index is 6.06. The van der Waals surface area contributed by atoms with E-state index in [9.17, 15) is 0 Å². The molecular weight excluding hydrogens is 456 g/mol. The minimum Gasteiger partial charge on any atom is -0.495 e. The molecule has 4 rings (SSSR count). The molecule has 8 heteroatoms.